The third-order valence-corrected chi connectivity index (χ3v) is 1.61. The molecule has 0 fully saturated rings. The Balaban J connectivity index is 2.18. The van der Waals surface area contributed by atoms with Crippen molar-refractivity contribution in [2.75, 3.05) is 0 Å². The number of aromatic nitrogens is 3. The Kier molecular flexibility index (Phi) is 2.22. The number of rotatable bonds is 2. The maximum atomic E-state index is 9.17. The second-order valence-corrected chi connectivity index (χ2v) is 2.66. The molecule has 0 aliphatic rings. The molecular formula is C9H8N4O. The van der Waals surface area contributed by atoms with Crippen molar-refractivity contribution >= 4 is 12.2 Å². The zero-order valence-corrected chi connectivity index (χ0v) is 7.25. The summed E-state index contributed by atoms with van der Waals surface area (Å²) in [6.07, 6.45) is 2.98. The van der Waals surface area contributed by atoms with Crippen LogP contribution in [0.25, 0.3) is 0 Å². The number of benzene rings is 1. The molecule has 1 aromatic carbocycles. The molecule has 0 bridgehead atoms. The van der Waals surface area contributed by atoms with E-state index in [0.717, 1.165) is 5.56 Å². The summed E-state index contributed by atoms with van der Waals surface area (Å²) in [5, 5.41) is 15.4. The van der Waals surface area contributed by atoms with Gasteiger partial charge in [-0.25, -0.2) is 10.1 Å². The van der Waals surface area contributed by atoms with Gasteiger partial charge in [0.1, 0.15) is 12.1 Å². The number of nitrogens with zero attached hydrogens (tertiary/aromatic N) is 3. The maximum absolute atomic E-state index is 9.17. The van der Waals surface area contributed by atoms with E-state index in [1.165, 1.54) is 6.33 Å². The lowest BCUT2D eigenvalue weighted by molar-refractivity contribution is 0.475. The molecule has 0 amide bonds. The van der Waals surface area contributed by atoms with Gasteiger partial charge in [-0.1, -0.05) is 12.1 Å². The minimum Gasteiger partial charge on any atom is -0.508 e. The number of hydrogen-bond acceptors (Lipinski definition) is 4. The first kappa shape index (κ1) is 8.43. The van der Waals surface area contributed by atoms with E-state index in [4.69, 9.17) is 0 Å². The van der Waals surface area contributed by atoms with Crippen LogP contribution in [0.5, 0.6) is 5.75 Å². The lowest BCUT2D eigenvalue weighted by atomic mass is 10.2. The summed E-state index contributed by atoms with van der Waals surface area (Å²) in [5.41, 5.74) is 0.807. The first-order valence-corrected chi connectivity index (χ1v) is 4.03. The van der Waals surface area contributed by atoms with E-state index >= 15 is 0 Å². The predicted molar refractivity (Wildman–Crippen MR) is 51.7 cm³/mol. The van der Waals surface area contributed by atoms with Gasteiger partial charge in [0.2, 0.25) is 5.95 Å². The SMILES string of the molecule is Oc1cccc(C=Nc2ncn[nH]2)c1. The van der Waals surface area contributed by atoms with Crippen LogP contribution < -0.4 is 0 Å². The normalized spacial score (nSPS) is 10.9. The molecule has 0 saturated carbocycles. The lowest BCUT2D eigenvalue weighted by Gasteiger charge is -1.92. The van der Waals surface area contributed by atoms with Crippen molar-refractivity contribution in [1.29, 1.82) is 0 Å². The van der Waals surface area contributed by atoms with E-state index in [0.29, 0.717) is 5.95 Å². The molecule has 2 N–H and O–H groups in total. The van der Waals surface area contributed by atoms with E-state index in [1.807, 2.05) is 6.07 Å². The Labute approximate surface area is 80.2 Å². The van der Waals surface area contributed by atoms with Crippen molar-refractivity contribution in [3.8, 4) is 5.75 Å². The summed E-state index contributed by atoms with van der Waals surface area (Å²) in [4.78, 5) is 7.84. The number of aliphatic imine (C=N–C) groups is 1. The van der Waals surface area contributed by atoms with Crippen LogP contribution in [0, 0.1) is 0 Å². The van der Waals surface area contributed by atoms with E-state index < -0.39 is 0 Å². The third kappa shape index (κ3) is 1.95. The van der Waals surface area contributed by atoms with Gasteiger partial charge in [0, 0.05) is 6.21 Å². The zero-order valence-electron chi connectivity index (χ0n) is 7.25. The quantitative estimate of drug-likeness (QED) is 0.697. The fourth-order valence-corrected chi connectivity index (χ4v) is 1.00. The Bertz CT molecular complexity index is 436. The zero-order chi connectivity index (χ0) is 9.80. The van der Waals surface area contributed by atoms with Crippen molar-refractivity contribution < 1.29 is 5.11 Å². The Hall–Kier alpha value is -2.17. The molecule has 0 unspecified atom stereocenters. The summed E-state index contributed by atoms with van der Waals surface area (Å²) in [7, 11) is 0. The van der Waals surface area contributed by atoms with Crippen molar-refractivity contribution in [2.45, 2.75) is 0 Å². The molecule has 0 radical (unpaired) electrons. The summed E-state index contributed by atoms with van der Waals surface area (Å²) >= 11 is 0. The molecule has 0 aliphatic carbocycles. The second-order valence-electron chi connectivity index (χ2n) is 2.66. The van der Waals surface area contributed by atoms with Crippen LogP contribution in [0.4, 0.5) is 5.95 Å². The standard InChI is InChI=1S/C9H8N4O/c14-8-3-1-2-7(4-8)5-10-9-11-6-12-13-9/h1-6,14H,(H,11,12,13). The summed E-state index contributed by atoms with van der Waals surface area (Å²) in [5.74, 6) is 0.653. The molecule has 5 nitrogen and oxygen atoms in total. The average Bonchev–Trinajstić information content (AvgIpc) is 2.67. The van der Waals surface area contributed by atoms with E-state index in [9.17, 15) is 5.11 Å². The molecule has 70 valence electrons. The number of phenolic OH excluding ortho intramolecular Hbond substituents is 1. The number of hydrogen-bond donors (Lipinski definition) is 2. The lowest BCUT2D eigenvalue weighted by Crippen LogP contribution is -1.79. The monoisotopic (exact) mass is 188 g/mol. The number of H-pyrrole nitrogens is 1. The van der Waals surface area contributed by atoms with Crippen molar-refractivity contribution in [1.82, 2.24) is 15.2 Å². The van der Waals surface area contributed by atoms with Crippen molar-refractivity contribution in [2.24, 2.45) is 4.99 Å². The summed E-state index contributed by atoms with van der Waals surface area (Å²) < 4.78 is 0. The first-order valence-electron chi connectivity index (χ1n) is 4.03. The minimum atomic E-state index is 0.214. The van der Waals surface area contributed by atoms with Gasteiger partial charge >= 0.3 is 0 Å². The highest BCUT2D eigenvalue weighted by atomic mass is 16.3. The van der Waals surface area contributed by atoms with Gasteiger partial charge in [-0.15, -0.1) is 0 Å². The summed E-state index contributed by atoms with van der Waals surface area (Å²) in [6.45, 7) is 0. The van der Waals surface area contributed by atoms with Crippen LogP contribution in [-0.2, 0) is 0 Å². The van der Waals surface area contributed by atoms with Crippen molar-refractivity contribution in [3.63, 3.8) is 0 Å². The van der Waals surface area contributed by atoms with Gasteiger partial charge in [0.05, 0.1) is 0 Å². The predicted octanol–water partition coefficient (Wildman–Crippen LogP) is 1.26. The number of nitrogens with one attached hydrogen (secondary N) is 1. The van der Waals surface area contributed by atoms with Crippen molar-refractivity contribution in [3.05, 3.63) is 36.2 Å². The van der Waals surface area contributed by atoms with Crippen LogP contribution in [-0.4, -0.2) is 26.5 Å². The van der Waals surface area contributed by atoms with E-state index in [1.54, 1.807) is 24.4 Å². The largest absolute Gasteiger partial charge is 0.508 e. The van der Waals surface area contributed by atoms with E-state index in [-0.39, 0.29) is 5.75 Å². The molecule has 1 heterocycles. The molecule has 14 heavy (non-hydrogen) atoms. The number of aromatic amines is 1. The fourth-order valence-electron chi connectivity index (χ4n) is 1.00. The Morgan fingerprint density at radius 1 is 1.43 bits per heavy atom. The molecule has 2 aromatic rings. The van der Waals surface area contributed by atoms with Crippen LogP contribution in [0.3, 0.4) is 0 Å². The summed E-state index contributed by atoms with van der Waals surface area (Å²) in [6, 6.07) is 6.79. The average molecular weight is 188 g/mol. The molecule has 0 spiro atoms. The van der Waals surface area contributed by atoms with Crippen LogP contribution in [0.15, 0.2) is 35.6 Å². The maximum Gasteiger partial charge on any atom is 0.245 e. The number of aromatic hydroxyl groups is 1. The van der Waals surface area contributed by atoms with Crippen LogP contribution in [0.1, 0.15) is 5.56 Å². The molecule has 0 saturated heterocycles. The highest BCUT2D eigenvalue weighted by Gasteiger charge is 1.91. The van der Waals surface area contributed by atoms with Gasteiger partial charge in [-0.05, 0) is 17.7 Å². The highest BCUT2D eigenvalue weighted by molar-refractivity contribution is 5.81. The molecule has 1 aromatic heterocycles. The second kappa shape index (κ2) is 3.69. The highest BCUT2D eigenvalue weighted by Crippen LogP contribution is 2.09. The number of phenols is 1. The molecule has 0 aliphatic heterocycles. The molecule has 5 heteroatoms. The topological polar surface area (TPSA) is 74.2 Å². The fraction of sp³-hybridized carbons (Fsp3) is 0. The van der Waals surface area contributed by atoms with E-state index in [2.05, 4.69) is 20.2 Å². The third-order valence-electron chi connectivity index (χ3n) is 1.61. The molecular weight excluding hydrogens is 180 g/mol. The molecule has 0 atom stereocenters. The van der Waals surface area contributed by atoms with Gasteiger partial charge < -0.3 is 5.11 Å². The van der Waals surface area contributed by atoms with Crippen LogP contribution in [0.2, 0.25) is 0 Å². The minimum absolute atomic E-state index is 0.214. The first-order chi connectivity index (χ1) is 6.84. The van der Waals surface area contributed by atoms with Gasteiger partial charge in [0.25, 0.3) is 0 Å². The van der Waals surface area contributed by atoms with Gasteiger partial charge in [-0.2, -0.15) is 10.1 Å². The smallest absolute Gasteiger partial charge is 0.245 e. The molecule has 2 rings (SSSR count). The van der Waals surface area contributed by atoms with Crippen LogP contribution >= 0.6 is 0 Å². The Morgan fingerprint density at radius 3 is 3.07 bits per heavy atom. The Morgan fingerprint density at radius 2 is 2.36 bits per heavy atom. The van der Waals surface area contributed by atoms with Gasteiger partial charge in [0.15, 0.2) is 0 Å². The van der Waals surface area contributed by atoms with Gasteiger partial charge in [-0.3, -0.25) is 0 Å².